The van der Waals surface area contributed by atoms with E-state index in [1.165, 1.54) is 10.4 Å². The number of carbonyl (C=O) groups excluding carboxylic acids is 1. The monoisotopic (exact) mass is 336 g/mol. The minimum Gasteiger partial charge on any atom is -0.325 e. The summed E-state index contributed by atoms with van der Waals surface area (Å²) in [6.45, 7) is 2.83. The van der Waals surface area contributed by atoms with Crippen molar-refractivity contribution in [3.8, 4) is 0 Å². The summed E-state index contributed by atoms with van der Waals surface area (Å²) in [5, 5.41) is 7.48. The molecular formula is C20H20N2OS. The standard InChI is InChI=1S/C20H20N2OS/c23-20(9-12-22-11-8-19-16(14-22)10-13-24-19)21-18-7-3-5-15-4-1-2-6-17(15)18/h1-7,10,13H,8-9,11-12,14H2,(H,21,23). The van der Waals surface area contributed by atoms with E-state index in [4.69, 9.17) is 0 Å². The minimum absolute atomic E-state index is 0.0856. The Morgan fingerprint density at radius 2 is 2.00 bits per heavy atom. The summed E-state index contributed by atoms with van der Waals surface area (Å²) in [7, 11) is 0. The number of anilines is 1. The Morgan fingerprint density at radius 3 is 2.96 bits per heavy atom. The lowest BCUT2D eigenvalue weighted by atomic mass is 10.1. The highest BCUT2D eigenvalue weighted by molar-refractivity contribution is 7.10. The summed E-state index contributed by atoms with van der Waals surface area (Å²) in [5.74, 6) is 0.0856. The zero-order valence-electron chi connectivity index (χ0n) is 13.5. The highest BCUT2D eigenvalue weighted by Crippen LogP contribution is 2.25. The van der Waals surface area contributed by atoms with Crippen LogP contribution in [0.4, 0.5) is 5.69 Å². The van der Waals surface area contributed by atoms with Crippen LogP contribution in [0.2, 0.25) is 0 Å². The maximum atomic E-state index is 12.4. The number of nitrogens with one attached hydrogen (secondary N) is 1. The molecular weight excluding hydrogens is 316 g/mol. The highest BCUT2D eigenvalue weighted by Gasteiger charge is 2.17. The van der Waals surface area contributed by atoms with Crippen LogP contribution in [0.1, 0.15) is 16.9 Å². The predicted octanol–water partition coefficient (Wildman–Crippen LogP) is 4.29. The molecule has 1 aliphatic rings. The number of thiophene rings is 1. The van der Waals surface area contributed by atoms with Gasteiger partial charge in [-0.3, -0.25) is 9.69 Å². The molecule has 1 aromatic heterocycles. The first-order valence-electron chi connectivity index (χ1n) is 8.35. The Labute approximate surface area is 145 Å². The molecule has 1 amide bonds. The van der Waals surface area contributed by atoms with Crippen LogP contribution in [0.3, 0.4) is 0 Å². The number of hydrogen-bond donors (Lipinski definition) is 1. The zero-order valence-corrected chi connectivity index (χ0v) is 14.3. The number of fused-ring (bicyclic) bond motifs is 2. The van der Waals surface area contributed by atoms with Crippen molar-refractivity contribution in [2.75, 3.05) is 18.4 Å². The molecule has 2 aromatic carbocycles. The smallest absolute Gasteiger partial charge is 0.225 e. The molecule has 0 radical (unpaired) electrons. The van der Waals surface area contributed by atoms with E-state index < -0.39 is 0 Å². The van der Waals surface area contributed by atoms with Crippen LogP contribution in [0.25, 0.3) is 10.8 Å². The summed E-state index contributed by atoms with van der Waals surface area (Å²) < 4.78 is 0. The molecule has 122 valence electrons. The van der Waals surface area contributed by atoms with E-state index in [0.29, 0.717) is 6.42 Å². The number of hydrogen-bond acceptors (Lipinski definition) is 3. The summed E-state index contributed by atoms with van der Waals surface area (Å²) >= 11 is 1.85. The van der Waals surface area contributed by atoms with Crippen molar-refractivity contribution in [3.63, 3.8) is 0 Å². The lowest BCUT2D eigenvalue weighted by molar-refractivity contribution is -0.116. The van der Waals surface area contributed by atoms with E-state index in [2.05, 4.69) is 33.8 Å². The van der Waals surface area contributed by atoms with Gasteiger partial charge in [0.05, 0.1) is 0 Å². The molecule has 1 N–H and O–H groups in total. The van der Waals surface area contributed by atoms with Crippen molar-refractivity contribution in [1.82, 2.24) is 4.90 Å². The number of amides is 1. The summed E-state index contributed by atoms with van der Waals surface area (Å²) in [4.78, 5) is 16.2. The molecule has 3 aromatic rings. The SMILES string of the molecule is O=C(CCN1CCc2sccc2C1)Nc1cccc2ccccc12. The van der Waals surface area contributed by atoms with E-state index in [0.717, 1.165) is 42.5 Å². The molecule has 1 aliphatic heterocycles. The average molecular weight is 336 g/mol. The Hall–Kier alpha value is -2.17. The van der Waals surface area contributed by atoms with Gasteiger partial charge in [0, 0.05) is 42.0 Å². The van der Waals surface area contributed by atoms with Crippen LogP contribution < -0.4 is 5.32 Å². The Kier molecular flexibility index (Phi) is 4.32. The number of nitrogens with zero attached hydrogens (tertiary/aromatic N) is 1. The second kappa shape index (κ2) is 6.75. The lowest BCUT2D eigenvalue weighted by Crippen LogP contribution is -2.32. The molecule has 3 nitrogen and oxygen atoms in total. The van der Waals surface area contributed by atoms with Gasteiger partial charge in [-0.1, -0.05) is 36.4 Å². The van der Waals surface area contributed by atoms with Crippen molar-refractivity contribution in [2.24, 2.45) is 0 Å². The Morgan fingerprint density at radius 1 is 1.12 bits per heavy atom. The van der Waals surface area contributed by atoms with Gasteiger partial charge in [-0.2, -0.15) is 0 Å². The van der Waals surface area contributed by atoms with Crippen LogP contribution >= 0.6 is 11.3 Å². The van der Waals surface area contributed by atoms with Gasteiger partial charge in [0.2, 0.25) is 5.91 Å². The van der Waals surface area contributed by atoms with Crippen molar-refractivity contribution < 1.29 is 4.79 Å². The second-order valence-corrected chi connectivity index (χ2v) is 7.22. The van der Waals surface area contributed by atoms with Crippen molar-refractivity contribution in [2.45, 2.75) is 19.4 Å². The maximum Gasteiger partial charge on any atom is 0.225 e. The van der Waals surface area contributed by atoms with Gasteiger partial charge < -0.3 is 5.32 Å². The van der Waals surface area contributed by atoms with Crippen LogP contribution in [0, 0.1) is 0 Å². The fourth-order valence-electron chi connectivity index (χ4n) is 3.30. The van der Waals surface area contributed by atoms with Gasteiger partial charge in [0.25, 0.3) is 0 Å². The van der Waals surface area contributed by atoms with E-state index in [1.807, 2.05) is 41.7 Å². The quantitative estimate of drug-likeness (QED) is 0.771. The topological polar surface area (TPSA) is 32.3 Å². The van der Waals surface area contributed by atoms with E-state index in [9.17, 15) is 4.79 Å². The first-order chi connectivity index (χ1) is 11.8. The van der Waals surface area contributed by atoms with Gasteiger partial charge in [-0.15, -0.1) is 11.3 Å². The van der Waals surface area contributed by atoms with E-state index in [1.54, 1.807) is 0 Å². The zero-order chi connectivity index (χ0) is 16.4. The summed E-state index contributed by atoms with van der Waals surface area (Å²) in [6.07, 6.45) is 1.64. The first-order valence-corrected chi connectivity index (χ1v) is 9.23. The van der Waals surface area contributed by atoms with E-state index >= 15 is 0 Å². The molecule has 4 heteroatoms. The Bertz CT molecular complexity index is 865. The van der Waals surface area contributed by atoms with E-state index in [-0.39, 0.29) is 5.91 Å². The average Bonchev–Trinajstić information content (AvgIpc) is 3.08. The van der Waals surface area contributed by atoms with Gasteiger partial charge in [0.15, 0.2) is 0 Å². The van der Waals surface area contributed by atoms with Gasteiger partial charge in [-0.25, -0.2) is 0 Å². The summed E-state index contributed by atoms with van der Waals surface area (Å²) in [5.41, 5.74) is 2.33. The van der Waals surface area contributed by atoms with Crippen molar-refractivity contribution >= 4 is 33.7 Å². The molecule has 0 unspecified atom stereocenters. The molecule has 4 rings (SSSR count). The number of benzene rings is 2. The maximum absolute atomic E-state index is 12.4. The Balaban J connectivity index is 1.37. The van der Waals surface area contributed by atoms with Crippen LogP contribution in [0.5, 0.6) is 0 Å². The van der Waals surface area contributed by atoms with Crippen LogP contribution in [-0.2, 0) is 17.8 Å². The van der Waals surface area contributed by atoms with Crippen molar-refractivity contribution in [3.05, 3.63) is 64.4 Å². The predicted molar refractivity (Wildman–Crippen MR) is 100 cm³/mol. The minimum atomic E-state index is 0.0856. The molecule has 0 bridgehead atoms. The first kappa shape index (κ1) is 15.4. The largest absolute Gasteiger partial charge is 0.325 e. The molecule has 24 heavy (non-hydrogen) atoms. The number of rotatable bonds is 4. The fourth-order valence-corrected chi connectivity index (χ4v) is 4.19. The third-order valence-electron chi connectivity index (χ3n) is 4.61. The molecule has 0 atom stereocenters. The number of carbonyl (C=O) groups is 1. The third kappa shape index (κ3) is 3.21. The molecule has 0 spiro atoms. The lowest BCUT2D eigenvalue weighted by Gasteiger charge is -2.26. The third-order valence-corrected chi connectivity index (χ3v) is 5.63. The fraction of sp³-hybridized carbons (Fsp3) is 0.250. The second-order valence-electron chi connectivity index (χ2n) is 6.22. The van der Waals surface area contributed by atoms with Gasteiger partial charge >= 0.3 is 0 Å². The summed E-state index contributed by atoms with van der Waals surface area (Å²) in [6, 6.07) is 16.4. The molecule has 0 aliphatic carbocycles. The van der Waals surface area contributed by atoms with Crippen molar-refractivity contribution in [1.29, 1.82) is 0 Å². The molecule has 0 saturated carbocycles. The highest BCUT2D eigenvalue weighted by atomic mass is 32.1. The van der Waals surface area contributed by atoms with Crippen LogP contribution in [-0.4, -0.2) is 23.9 Å². The van der Waals surface area contributed by atoms with Crippen LogP contribution in [0.15, 0.2) is 53.9 Å². The normalized spacial score (nSPS) is 14.5. The van der Waals surface area contributed by atoms with Gasteiger partial charge in [0.1, 0.15) is 0 Å². The molecule has 0 fully saturated rings. The van der Waals surface area contributed by atoms with Gasteiger partial charge in [-0.05, 0) is 34.9 Å². The molecule has 2 heterocycles. The molecule has 0 saturated heterocycles.